The van der Waals surface area contributed by atoms with Crippen LogP contribution >= 0.6 is 0 Å². The maximum atomic E-state index is 6.64. The SMILES string of the molecule is Cc1ccccc1C1(N)CC1C1CCCCC1. The van der Waals surface area contributed by atoms with Crippen molar-refractivity contribution in [3.05, 3.63) is 35.4 Å². The van der Waals surface area contributed by atoms with Gasteiger partial charge in [0.15, 0.2) is 0 Å². The van der Waals surface area contributed by atoms with E-state index in [0.29, 0.717) is 0 Å². The van der Waals surface area contributed by atoms with Crippen LogP contribution in [0.25, 0.3) is 0 Å². The molecule has 17 heavy (non-hydrogen) atoms. The van der Waals surface area contributed by atoms with E-state index < -0.39 is 0 Å². The zero-order chi connectivity index (χ0) is 11.9. The molecule has 0 bridgehead atoms. The summed E-state index contributed by atoms with van der Waals surface area (Å²) in [5.41, 5.74) is 9.42. The summed E-state index contributed by atoms with van der Waals surface area (Å²) >= 11 is 0. The molecule has 0 amide bonds. The Kier molecular flexibility index (Phi) is 2.74. The van der Waals surface area contributed by atoms with Crippen LogP contribution in [0.15, 0.2) is 24.3 Å². The normalized spacial score (nSPS) is 33.6. The molecular weight excluding hydrogens is 206 g/mol. The van der Waals surface area contributed by atoms with Crippen molar-refractivity contribution >= 4 is 0 Å². The maximum absolute atomic E-state index is 6.64. The van der Waals surface area contributed by atoms with Gasteiger partial charge in [-0.1, -0.05) is 56.4 Å². The fourth-order valence-corrected chi connectivity index (χ4v) is 3.83. The second-order valence-corrected chi connectivity index (χ2v) is 6.06. The van der Waals surface area contributed by atoms with E-state index in [0.717, 1.165) is 11.8 Å². The molecule has 0 radical (unpaired) electrons. The monoisotopic (exact) mass is 229 g/mol. The van der Waals surface area contributed by atoms with Crippen LogP contribution in [0.1, 0.15) is 49.7 Å². The summed E-state index contributed by atoms with van der Waals surface area (Å²) in [6, 6.07) is 8.67. The maximum Gasteiger partial charge on any atom is 0.0447 e. The Morgan fingerprint density at radius 3 is 2.53 bits per heavy atom. The van der Waals surface area contributed by atoms with E-state index in [9.17, 15) is 0 Å². The Morgan fingerprint density at radius 1 is 1.12 bits per heavy atom. The third-order valence-electron chi connectivity index (χ3n) is 4.92. The van der Waals surface area contributed by atoms with Gasteiger partial charge >= 0.3 is 0 Å². The van der Waals surface area contributed by atoms with Gasteiger partial charge in [0.05, 0.1) is 0 Å². The number of hydrogen-bond donors (Lipinski definition) is 1. The molecule has 2 fully saturated rings. The Hall–Kier alpha value is -0.820. The lowest BCUT2D eigenvalue weighted by Gasteiger charge is -2.24. The van der Waals surface area contributed by atoms with Gasteiger partial charge in [0, 0.05) is 5.54 Å². The van der Waals surface area contributed by atoms with Crippen molar-refractivity contribution in [2.45, 2.75) is 51.0 Å². The van der Waals surface area contributed by atoms with E-state index in [1.165, 1.54) is 49.7 Å². The second-order valence-electron chi connectivity index (χ2n) is 6.06. The zero-order valence-electron chi connectivity index (χ0n) is 10.8. The molecular formula is C16H23N. The molecule has 0 aliphatic heterocycles. The van der Waals surface area contributed by atoms with Crippen molar-refractivity contribution in [3.8, 4) is 0 Å². The van der Waals surface area contributed by atoms with Gasteiger partial charge in [-0.25, -0.2) is 0 Å². The molecule has 0 spiro atoms. The lowest BCUT2D eigenvalue weighted by molar-refractivity contribution is 0.302. The predicted molar refractivity (Wildman–Crippen MR) is 71.7 cm³/mol. The molecule has 2 unspecified atom stereocenters. The van der Waals surface area contributed by atoms with Crippen LogP contribution in [-0.4, -0.2) is 0 Å². The van der Waals surface area contributed by atoms with Crippen molar-refractivity contribution in [2.75, 3.05) is 0 Å². The largest absolute Gasteiger partial charge is 0.321 e. The lowest BCUT2D eigenvalue weighted by atomic mass is 9.83. The summed E-state index contributed by atoms with van der Waals surface area (Å²) in [4.78, 5) is 0. The van der Waals surface area contributed by atoms with Gasteiger partial charge in [-0.05, 0) is 36.3 Å². The van der Waals surface area contributed by atoms with E-state index >= 15 is 0 Å². The van der Waals surface area contributed by atoms with Gasteiger partial charge in [0.25, 0.3) is 0 Å². The molecule has 1 nitrogen and oxygen atoms in total. The summed E-state index contributed by atoms with van der Waals surface area (Å²) in [6.07, 6.45) is 8.31. The Labute approximate surface area is 104 Å². The highest BCUT2D eigenvalue weighted by Crippen LogP contribution is 2.57. The predicted octanol–water partition coefficient (Wildman–Crippen LogP) is 3.75. The molecule has 3 rings (SSSR count). The van der Waals surface area contributed by atoms with E-state index in [2.05, 4.69) is 31.2 Å². The van der Waals surface area contributed by atoms with Crippen molar-refractivity contribution in [3.63, 3.8) is 0 Å². The highest BCUT2D eigenvalue weighted by atomic mass is 14.9. The Balaban J connectivity index is 1.79. The number of rotatable bonds is 2. The van der Waals surface area contributed by atoms with Crippen LogP contribution < -0.4 is 5.73 Å². The molecule has 1 heteroatoms. The highest BCUT2D eigenvalue weighted by Gasteiger charge is 2.55. The Morgan fingerprint density at radius 2 is 1.82 bits per heavy atom. The molecule has 0 heterocycles. The van der Waals surface area contributed by atoms with E-state index in [1.807, 2.05) is 0 Å². The van der Waals surface area contributed by atoms with Crippen LogP contribution in [-0.2, 0) is 5.54 Å². The van der Waals surface area contributed by atoms with Gasteiger partial charge in [-0.2, -0.15) is 0 Å². The average Bonchev–Trinajstić information content (AvgIpc) is 3.04. The molecule has 0 aromatic heterocycles. The number of nitrogens with two attached hydrogens (primary N) is 1. The van der Waals surface area contributed by atoms with Crippen LogP contribution in [0.5, 0.6) is 0 Å². The van der Waals surface area contributed by atoms with Crippen LogP contribution in [0.2, 0.25) is 0 Å². The second kappa shape index (κ2) is 4.13. The molecule has 2 saturated carbocycles. The van der Waals surface area contributed by atoms with Crippen LogP contribution in [0.3, 0.4) is 0 Å². The topological polar surface area (TPSA) is 26.0 Å². The molecule has 1 aromatic carbocycles. The molecule has 2 aliphatic rings. The first kappa shape index (κ1) is 11.3. The van der Waals surface area contributed by atoms with Gasteiger partial charge in [0.2, 0.25) is 0 Å². The lowest BCUT2D eigenvalue weighted by Crippen LogP contribution is -2.26. The van der Waals surface area contributed by atoms with Crippen molar-refractivity contribution in [1.82, 2.24) is 0 Å². The minimum absolute atomic E-state index is 0.00729. The van der Waals surface area contributed by atoms with Crippen molar-refractivity contribution in [1.29, 1.82) is 0 Å². The fraction of sp³-hybridized carbons (Fsp3) is 0.625. The first-order valence-corrected chi connectivity index (χ1v) is 7.07. The first-order chi connectivity index (χ1) is 8.22. The number of benzene rings is 1. The van der Waals surface area contributed by atoms with Gasteiger partial charge in [0.1, 0.15) is 0 Å². The van der Waals surface area contributed by atoms with Crippen LogP contribution in [0.4, 0.5) is 0 Å². The number of aryl methyl sites for hydroxylation is 1. The molecule has 0 saturated heterocycles. The molecule has 92 valence electrons. The summed E-state index contributed by atoms with van der Waals surface area (Å²) in [5, 5.41) is 0. The summed E-state index contributed by atoms with van der Waals surface area (Å²) in [5.74, 6) is 1.65. The smallest absolute Gasteiger partial charge is 0.0447 e. The third kappa shape index (κ3) is 1.91. The summed E-state index contributed by atoms with van der Waals surface area (Å²) in [7, 11) is 0. The first-order valence-electron chi connectivity index (χ1n) is 7.07. The minimum atomic E-state index is 0.00729. The summed E-state index contributed by atoms with van der Waals surface area (Å²) < 4.78 is 0. The van der Waals surface area contributed by atoms with Crippen molar-refractivity contribution in [2.24, 2.45) is 17.6 Å². The molecule has 1 aromatic rings. The van der Waals surface area contributed by atoms with E-state index in [4.69, 9.17) is 5.73 Å². The quantitative estimate of drug-likeness (QED) is 0.821. The Bertz CT molecular complexity index is 406. The molecule has 2 atom stereocenters. The third-order valence-corrected chi connectivity index (χ3v) is 4.92. The van der Waals surface area contributed by atoms with E-state index in [1.54, 1.807) is 0 Å². The molecule has 2 aliphatic carbocycles. The zero-order valence-corrected chi connectivity index (χ0v) is 10.8. The minimum Gasteiger partial charge on any atom is -0.321 e. The van der Waals surface area contributed by atoms with Gasteiger partial charge in [-0.15, -0.1) is 0 Å². The average molecular weight is 229 g/mol. The van der Waals surface area contributed by atoms with E-state index in [-0.39, 0.29) is 5.54 Å². The fourth-order valence-electron chi connectivity index (χ4n) is 3.83. The number of hydrogen-bond acceptors (Lipinski definition) is 1. The van der Waals surface area contributed by atoms with Crippen molar-refractivity contribution < 1.29 is 0 Å². The van der Waals surface area contributed by atoms with Gasteiger partial charge in [-0.3, -0.25) is 0 Å². The standard InChI is InChI=1S/C16H23N/c1-12-7-5-6-10-14(12)16(17)11-15(16)13-8-3-2-4-9-13/h5-7,10,13,15H,2-4,8-9,11,17H2,1H3. The summed E-state index contributed by atoms with van der Waals surface area (Å²) in [6.45, 7) is 2.19. The van der Waals surface area contributed by atoms with Gasteiger partial charge < -0.3 is 5.73 Å². The molecule has 2 N–H and O–H groups in total. The highest BCUT2D eigenvalue weighted by molar-refractivity contribution is 5.38. The van der Waals surface area contributed by atoms with Crippen LogP contribution in [0, 0.1) is 18.8 Å².